The SMILES string of the molecule is B/C(C)=C/N=C(\C)c1ccccc1. The molecule has 0 fully saturated rings. The molecule has 0 N–H and O–H groups in total. The molecule has 0 unspecified atom stereocenters. The Morgan fingerprint density at radius 2 is 1.85 bits per heavy atom. The standard InChI is InChI=1S/C11H14BN/c1-9(12)8-13-10(2)11-6-4-3-5-7-11/h3-8H,12H2,1-2H3/b9-8+,13-10+. The minimum Gasteiger partial charge on any atom is -0.262 e. The van der Waals surface area contributed by atoms with Crippen LogP contribution in [0.5, 0.6) is 0 Å². The van der Waals surface area contributed by atoms with E-state index in [1.807, 2.05) is 46.1 Å². The van der Waals surface area contributed by atoms with Gasteiger partial charge in [0.2, 0.25) is 0 Å². The zero-order chi connectivity index (χ0) is 9.68. The smallest absolute Gasteiger partial charge is 0.135 e. The van der Waals surface area contributed by atoms with Gasteiger partial charge < -0.3 is 0 Å². The second kappa shape index (κ2) is 4.66. The summed E-state index contributed by atoms with van der Waals surface area (Å²) < 4.78 is 0. The van der Waals surface area contributed by atoms with Crippen molar-refractivity contribution in [2.75, 3.05) is 0 Å². The van der Waals surface area contributed by atoms with E-state index in [-0.39, 0.29) is 0 Å². The lowest BCUT2D eigenvalue weighted by Crippen LogP contribution is -1.92. The van der Waals surface area contributed by atoms with E-state index in [1.165, 1.54) is 11.0 Å². The predicted molar refractivity (Wildman–Crippen MR) is 61.0 cm³/mol. The Balaban J connectivity index is 2.86. The molecule has 0 heterocycles. The lowest BCUT2D eigenvalue weighted by molar-refractivity contribution is 1.45. The second-order valence-electron chi connectivity index (χ2n) is 3.29. The van der Waals surface area contributed by atoms with Gasteiger partial charge in [-0.05, 0) is 12.5 Å². The molecule has 1 nitrogen and oxygen atoms in total. The summed E-state index contributed by atoms with van der Waals surface area (Å²) in [5, 5.41) is 0. The Labute approximate surface area is 80.6 Å². The van der Waals surface area contributed by atoms with Gasteiger partial charge in [-0.15, -0.1) is 0 Å². The van der Waals surface area contributed by atoms with Gasteiger partial charge in [0.1, 0.15) is 7.85 Å². The lowest BCUT2D eigenvalue weighted by atomic mass is 10.00. The van der Waals surface area contributed by atoms with Gasteiger partial charge in [-0.3, -0.25) is 4.99 Å². The van der Waals surface area contributed by atoms with Crippen molar-refractivity contribution in [1.29, 1.82) is 0 Å². The lowest BCUT2D eigenvalue weighted by Gasteiger charge is -1.97. The Kier molecular flexibility index (Phi) is 3.50. The van der Waals surface area contributed by atoms with Crippen LogP contribution < -0.4 is 0 Å². The van der Waals surface area contributed by atoms with Crippen LogP contribution >= 0.6 is 0 Å². The molecule has 0 aliphatic rings. The molecule has 0 amide bonds. The normalized spacial score (nSPS) is 13.1. The quantitative estimate of drug-likeness (QED) is 0.476. The van der Waals surface area contributed by atoms with Crippen LogP contribution in [0.2, 0.25) is 0 Å². The van der Waals surface area contributed by atoms with E-state index in [0.717, 1.165) is 5.71 Å². The fourth-order valence-electron chi connectivity index (χ4n) is 0.980. The molecule has 0 aliphatic heterocycles. The second-order valence-corrected chi connectivity index (χ2v) is 3.29. The molecule has 0 bridgehead atoms. The molecular weight excluding hydrogens is 157 g/mol. The Morgan fingerprint density at radius 1 is 1.23 bits per heavy atom. The highest BCUT2D eigenvalue weighted by Gasteiger charge is 1.92. The fraction of sp³-hybridized carbons (Fsp3) is 0.182. The molecule has 0 saturated carbocycles. The maximum Gasteiger partial charge on any atom is 0.135 e. The van der Waals surface area contributed by atoms with Crippen LogP contribution in [0.3, 0.4) is 0 Å². The Morgan fingerprint density at radius 3 is 2.38 bits per heavy atom. The molecule has 0 atom stereocenters. The number of allylic oxidation sites excluding steroid dienone is 1. The van der Waals surface area contributed by atoms with Crippen LogP contribution in [0.1, 0.15) is 19.4 Å². The zero-order valence-corrected chi connectivity index (χ0v) is 8.41. The average Bonchev–Trinajstić information content (AvgIpc) is 2.15. The van der Waals surface area contributed by atoms with E-state index in [9.17, 15) is 0 Å². The number of benzene rings is 1. The highest BCUT2D eigenvalue weighted by molar-refractivity contribution is 6.21. The van der Waals surface area contributed by atoms with Crippen molar-refractivity contribution in [1.82, 2.24) is 0 Å². The van der Waals surface area contributed by atoms with E-state index < -0.39 is 0 Å². The van der Waals surface area contributed by atoms with Gasteiger partial charge in [0.25, 0.3) is 0 Å². The van der Waals surface area contributed by atoms with Crippen molar-refractivity contribution < 1.29 is 0 Å². The predicted octanol–water partition coefficient (Wildman–Crippen LogP) is 1.99. The number of aliphatic imine (C=N–C) groups is 1. The number of rotatable bonds is 2. The summed E-state index contributed by atoms with van der Waals surface area (Å²) >= 11 is 0. The van der Waals surface area contributed by atoms with E-state index in [1.54, 1.807) is 0 Å². The Hall–Kier alpha value is -1.31. The third-order valence-electron chi connectivity index (χ3n) is 1.71. The first-order chi connectivity index (χ1) is 6.20. The van der Waals surface area contributed by atoms with Crippen molar-refractivity contribution >= 4 is 13.6 Å². The highest BCUT2D eigenvalue weighted by Crippen LogP contribution is 2.01. The summed E-state index contributed by atoms with van der Waals surface area (Å²) in [6.45, 7) is 4.07. The van der Waals surface area contributed by atoms with Crippen LogP contribution in [0, 0.1) is 0 Å². The van der Waals surface area contributed by atoms with Gasteiger partial charge in [0.05, 0.1) is 0 Å². The Bertz CT molecular complexity index is 321. The number of hydrogen-bond acceptors (Lipinski definition) is 1. The topological polar surface area (TPSA) is 12.4 Å². The van der Waals surface area contributed by atoms with Crippen molar-refractivity contribution in [3.63, 3.8) is 0 Å². The van der Waals surface area contributed by atoms with Crippen molar-refractivity contribution in [3.8, 4) is 0 Å². The molecule has 13 heavy (non-hydrogen) atoms. The third-order valence-corrected chi connectivity index (χ3v) is 1.71. The number of nitrogens with zero attached hydrogens (tertiary/aromatic N) is 1. The molecule has 0 saturated heterocycles. The molecular formula is C11H14BN. The maximum absolute atomic E-state index is 4.35. The first kappa shape index (κ1) is 9.78. The van der Waals surface area contributed by atoms with Crippen LogP contribution in [0.25, 0.3) is 0 Å². The van der Waals surface area contributed by atoms with Crippen LogP contribution in [-0.2, 0) is 0 Å². The first-order valence-corrected chi connectivity index (χ1v) is 4.43. The minimum atomic E-state index is 1.06. The van der Waals surface area contributed by atoms with E-state index in [4.69, 9.17) is 0 Å². The minimum absolute atomic E-state index is 1.06. The van der Waals surface area contributed by atoms with Crippen LogP contribution in [0.15, 0.2) is 47.0 Å². The van der Waals surface area contributed by atoms with Crippen molar-refractivity contribution in [3.05, 3.63) is 47.6 Å². The van der Waals surface area contributed by atoms with Gasteiger partial charge in [-0.25, -0.2) is 0 Å². The monoisotopic (exact) mass is 171 g/mol. The summed E-state index contributed by atoms with van der Waals surface area (Å²) in [4.78, 5) is 4.35. The third kappa shape index (κ3) is 3.28. The van der Waals surface area contributed by atoms with E-state index in [0.29, 0.717) is 0 Å². The fourth-order valence-corrected chi connectivity index (χ4v) is 0.980. The molecule has 0 aliphatic carbocycles. The van der Waals surface area contributed by atoms with Crippen LogP contribution in [0.4, 0.5) is 0 Å². The van der Waals surface area contributed by atoms with Gasteiger partial charge in [0, 0.05) is 11.9 Å². The summed E-state index contributed by atoms with van der Waals surface area (Å²) in [5.74, 6) is 0. The largest absolute Gasteiger partial charge is 0.262 e. The molecule has 0 spiro atoms. The van der Waals surface area contributed by atoms with E-state index in [2.05, 4.69) is 17.1 Å². The van der Waals surface area contributed by atoms with E-state index >= 15 is 0 Å². The van der Waals surface area contributed by atoms with Crippen molar-refractivity contribution in [2.24, 2.45) is 4.99 Å². The molecule has 2 heteroatoms. The highest BCUT2D eigenvalue weighted by atomic mass is 14.7. The molecule has 1 aromatic rings. The van der Waals surface area contributed by atoms with Gasteiger partial charge in [0.15, 0.2) is 0 Å². The van der Waals surface area contributed by atoms with Gasteiger partial charge in [-0.2, -0.15) is 0 Å². The van der Waals surface area contributed by atoms with Crippen molar-refractivity contribution in [2.45, 2.75) is 13.8 Å². The molecule has 66 valence electrons. The average molecular weight is 171 g/mol. The molecule has 1 aromatic carbocycles. The molecule has 0 radical (unpaired) electrons. The zero-order valence-electron chi connectivity index (χ0n) is 8.41. The van der Waals surface area contributed by atoms with Gasteiger partial charge in [-0.1, -0.05) is 42.7 Å². The summed E-state index contributed by atoms with van der Waals surface area (Å²) in [6.07, 6.45) is 1.89. The first-order valence-electron chi connectivity index (χ1n) is 4.43. The number of hydrogen-bond donors (Lipinski definition) is 0. The van der Waals surface area contributed by atoms with Crippen LogP contribution in [-0.4, -0.2) is 13.6 Å². The molecule has 0 aromatic heterocycles. The summed E-state index contributed by atoms with van der Waals surface area (Å²) in [6, 6.07) is 10.2. The summed E-state index contributed by atoms with van der Waals surface area (Å²) in [7, 11) is 2.04. The summed E-state index contributed by atoms with van der Waals surface area (Å²) in [5.41, 5.74) is 3.46. The van der Waals surface area contributed by atoms with Gasteiger partial charge >= 0.3 is 0 Å². The maximum atomic E-state index is 4.35. The molecule has 1 rings (SSSR count).